The molecule has 16 heavy (non-hydrogen) atoms. The Hall–Kier alpha value is 0.550. The molecule has 0 radical (unpaired) electrons. The van der Waals surface area contributed by atoms with Crippen LogP contribution in [0, 0.1) is 10.8 Å². The van der Waals surface area contributed by atoms with Gasteiger partial charge in [0.2, 0.25) is 0 Å². The second kappa shape index (κ2) is 5.46. The van der Waals surface area contributed by atoms with E-state index in [1.54, 1.807) is 0 Å². The van der Waals surface area contributed by atoms with Crippen molar-refractivity contribution >= 4 is 28.3 Å². The predicted molar refractivity (Wildman–Crippen MR) is 75.5 cm³/mol. The van der Waals surface area contributed by atoms with Crippen LogP contribution >= 0.6 is 28.3 Å². The lowest BCUT2D eigenvalue weighted by molar-refractivity contribution is 0.211. The molecule has 0 unspecified atom stereocenters. The minimum atomic E-state index is -3.08. The summed E-state index contributed by atoms with van der Waals surface area (Å²) in [6, 6.07) is 0. The second-order valence-electron chi connectivity index (χ2n) is 6.56. The van der Waals surface area contributed by atoms with Gasteiger partial charge in [0.15, 0.2) is 0 Å². The van der Waals surface area contributed by atoms with Gasteiger partial charge in [-0.15, -0.1) is 0 Å². The van der Waals surface area contributed by atoms with E-state index >= 15 is 0 Å². The monoisotopic (exact) mass is 284 g/mol. The number of hydrogen-bond acceptors (Lipinski definition) is 1. The highest BCUT2D eigenvalue weighted by Crippen LogP contribution is 2.59. The van der Waals surface area contributed by atoms with Crippen LogP contribution in [0.4, 0.5) is 0 Å². The van der Waals surface area contributed by atoms with Crippen LogP contribution in [0.25, 0.3) is 0 Å². The van der Waals surface area contributed by atoms with Gasteiger partial charge in [0.05, 0.1) is 0 Å². The van der Waals surface area contributed by atoms with Crippen LogP contribution in [-0.4, -0.2) is 0 Å². The molecule has 1 nitrogen and oxygen atoms in total. The summed E-state index contributed by atoms with van der Waals surface area (Å²) in [4.78, 5) is 0. The third kappa shape index (κ3) is 9.75. The van der Waals surface area contributed by atoms with Crippen LogP contribution in [0.1, 0.15) is 54.4 Å². The zero-order valence-corrected chi connectivity index (χ0v) is 13.5. The van der Waals surface area contributed by atoms with Gasteiger partial charge in [-0.3, -0.25) is 4.57 Å². The first-order chi connectivity index (χ1) is 6.81. The normalized spacial score (nSPS) is 15.4. The Morgan fingerprint density at radius 1 is 1.19 bits per heavy atom. The molecule has 0 fully saturated rings. The molecule has 0 aliphatic rings. The Kier molecular flexibility index (Phi) is 5.65. The summed E-state index contributed by atoms with van der Waals surface area (Å²) in [5.41, 5.74) is 1.46. The lowest BCUT2D eigenvalue weighted by Gasteiger charge is -2.32. The third-order valence-corrected chi connectivity index (χ3v) is 3.46. The van der Waals surface area contributed by atoms with Gasteiger partial charge in [-0.05, 0) is 53.1 Å². The van der Waals surface area contributed by atoms with Gasteiger partial charge in [-0.2, -0.15) is 0 Å². The summed E-state index contributed by atoms with van der Waals surface area (Å²) >= 11 is 11.1. The lowest BCUT2D eigenvalue weighted by atomic mass is 9.73. The van der Waals surface area contributed by atoms with Crippen LogP contribution in [0.15, 0.2) is 11.4 Å². The fourth-order valence-corrected chi connectivity index (χ4v) is 4.16. The number of hydrogen-bond donors (Lipinski definition) is 0. The maximum atomic E-state index is 11.3. The molecule has 0 aromatic carbocycles. The maximum absolute atomic E-state index is 11.3. The molecule has 0 rings (SSSR count). The first-order valence-electron chi connectivity index (χ1n) is 5.48. The average Bonchev–Trinajstić information content (AvgIpc) is 1.70. The quantitative estimate of drug-likeness (QED) is 0.545. The standard InChI is InChI=1S/C12H23Cl2OP/c1-10(8-16(13,14)15)7-12(5,6)9-11(2,3)4/h8H,7,9H2,1-6H3. The van der Waals surface area contributed by atoms with Crippen LogP contribution < -0.4 is 0 Å². The molecule has 0 bridgehead atoms. The zero-order valence-electron chi connectivity index (χ0n) is 11.1. The molecule has 0 amide bonds. The van der Waals surface area contributed by atoms with Crippen molar-refractivity contribution in [2.45, 2.75) is 54.4 Å². The van der Waals surface area contributed by atoms with E-state index in [2.05, 4.69) is 34.6 Å². The lowest BCUT2D eigenvalue weighted by Crippen LogP contribution is -2.20. The summed E-state index contributed by atoms with van der Waals surface area (Å²) in [5, 5.41) is 0. The maximum Gasteiger partial charge on any atom is 0.274 e. The molecule has 0 saturated heterocycles. The molecule has 0 aromatic rings. The van der Waals surface area contributed by atoms with E-state index in [1.165, 1.54) is 5.82 Å². The fraction of sp³-hybridized carbons (Fsp3) is 0.833. The van der Waals surface area contributed by atoms with E-state index in [9.17, 15) is 4.57 Å². The molecule has 96 valence electrons. The zero-order chi connectivity index (χ0) is 13.2. The predicted octanol–water partition coefficient (Wildman–Crippen LogP) is 6.41. The van der Waals surface area contributed by atoms with Crippen molar-refractivity contribution in [3.05, 3.63) is 11.4 Å². The molecule has 0 heterocycles. The number of allylic oxidation sites excluding steroid dienone is 1. The van der Waals surface area contributed by atoms with E-state index in [-0.39, 0.29) is 10.8 Å². The molecular weight excluding hydrogens is 262 g/mol. The van der Waals surface area contributed by atoms with E-state index < -0.39 is 5.85 Å². The van der Waals surface area contributed by atoms with Crippen LogP contribution in [-0.2, 0) is 4.57 Å². The van der Waals surface area contributed by atoms with Gasteiger partial charge in [0.1, 0.15) is 0 Å². The summed E-state index contributed by atoms with van der Waals surface area (Å²) in [6.07, 6.45) is 1.97. The molecule has 4 heteroatoms. The summed E-state index contributed by atoms with van der Waals surface area (Å²) in [6.45, 7) is 13.0. The third-order valence-electron chi connectivity index (χ3n) is 2.14. The van der Waals surface area contributed by atoms with Gasteiger partial charge in [-0.25, -0.2) is 0 Å². The topological polar surface area (TPSA) is 17.1 Å². The summed E-state index contributed by atoms with van der Waals surface area (Å²) < 4.78 is 11.3. The first-order valence-corrected chi connectivity index (χ1v) is 9.07. The van der Waals surface area contributed by atoms with E-state index in [0.717, 1.165) is 18.4 Å². The van der Waals surface area contributed by atoms with Crippen molar-refractivity contribution in [3.63, 3.8) is 0 Å². The van der Waals surface area contributed by atoms with Crippen molar-refractivity contribution in [1.29, 1.82) is 0 Å². The van der Waals surface area contributed by atoms with Crippen LogP contribution in [0.3, 0.4) is 0 Å². The number of rotatable bonds is 4. The fourth-order valence-electron chi connectivity index (χ4n) is 2.56. The van der Waals surface area contributed by atoms with Gasteiger partial charge in [0, 0.05) is 5.82 Å². The van der Waals surface area contributed by atoms with Crippen molar-refractivity contribution < 1.29 is 4.57 Å². The van der Waals surface area contributed by atoms with Crippen molar-refractivity contribution in [3.8, 4) is 0 Å². The van der Waals surface area contributed by atoms with E-state index in [1.807, 2.05) is 6.92 Å². The van der Waals surface area contributed by atoms with Crippen molar-refractivity contribution in [2.24, 2.45) is 10.8 Å². The van der Waals surface area contributed by atoms with Gasteiger partial charge in [-0.1, -0.05) is 40.2 Å². The minimum absolute atomic E-state index is 0.168. The van der Waals surface area contributed by atoms with Crippen molar-refractivity contribution in [2.75, 3.05) is 0 Å². The minimum Gasteiger partial charge on any atom is -0.285 e. The van der Waals surface area contributed by atoms with Gasteiger partial charge < -0.3 is 0 Å². The molecular formula is C12H23Cl2OP. The van der Waals surface area contributed by atoms with Gasteiger partial charge in [0.25, 0.3) is 5.85 Å². The van der Waals surface area contributed by atoms with E-state index in [4.69, 9.17) is 22.5 Å². The van der Waals surface area contributed by atoms with Crippen molar-refractivity contribution in [1.82, 2.24) is 0 Å². The molecule has 0 saturated carbocycles. The average molecular weight is 285 g/mol. The highest BCUT2D eigenvalue weighted by molar-refractivity contribution is 8.10. The Labute approximate surface area is 110 Å². The van der Waals surface area contributed by atoms with Crippen LogP contribution in [0.2, 0.25) is 0 Å². The van der Waals surface area contributed by atoms with Crippen LogP contribution in [0.5, 0.6) is 0 Å². The highest BCUT2D eigenvalue weighted by Gasteiger charge is 2.26. The summed E-state index contributed by atoms with van der Waals surface area (Å²) in [7, 11) is 0. The molecule has 0 aliphatic heterocycles. The Balaban J connectivity index is 4.61. The second-order valence-corrected chi connectivity index (χ2v) is 11.4. The largest absolute Gasteiger partial charge is 0.285 e. The Morgan fingerprint density at radius 3 is 1.94 bits per heavy atom. The first kappa shape index (κ1) is 16.6. The Morgan fingerprint density at radius 2 is 1.62 bits per heavy atom. The molecule has 0 atom stereocenters. The van der Waals surface area contributed by atoms with E-state index in [0.29, 0.717) is 0 Å². The summed E-state index contributed by atoms with van der Waals surface area (Å²) in [5.74, 6) is -1.58. The van der Waals surface area contributed by atoms with Gasteiger partial charge >= 0.3 is 0 Å². The highest BCUT2D eigenvalue weighted by atomic mass is 35.9. The molecule has 0 aromatic heterocycles. The molecule has 0 spiro atoms. The molecule has 0 aliphatic carbocycles. The Bertz CT molecular complexity index is 307. The SMILES string of the molecule is CC(=CP(=O)(Cl)Cl)CC(C)(C)CC(C)(C)C. The number of halogens is 2. The smallest absolute Gasteiger partial charge is 0.274 e. The molecule has 0 N–H and O–H groups in total.